The molecule has 0 aliphatic carbocycles. The number of halogens is 1. The van der Waals surface area contributed by atoms with E-state index in [1.807, 2.05) is 0 Å². The van der Waals surface area contributed by atoms with Gasteiger partial charge in [0.15, 0.2) is 6.23 Å². The number of anilines is 1. The first-order valence-corrected chi connectivity index (χ1v) is 6.36. The largest absolute Gasteiger partial charge is 0.396 e. The molecule has 1 aliphatic rings. The molecule has 1 aromatic rings. The Morgan fingerprint density at radius 2 is 2.24 bits per heavy atom. The maximum absolute atomic E-state index is 11.9. The topological polar surface area (TPSA) is 150 Å². The van der Waals surface area contributed by atoms with Crippen molar-refractivity contribution in [3.63, 3.8) is 0 Å². The summed E-state index contributed by atoms with van der Waals surface area (Å²) in [6.45, 7) is -0.831. The highest BCUT2D eigenvalue weighted by Gasteiger charge is 2.55. The van der Waals surface area contributed by atoms with Crippen molar-refractivity contribution >= 4 is 17.4 Å². The maximum Gasteiger partial charge on any atom is 0.368 e. The van der Waals surface area contributed by atoms with E-state index in [1.54, 1.807) is 0 Å². The quantitative estimate of drug-likeness (QED) is 0.451. The minimum absolute atomic E-state index is 0.0577. The van der Waals surface area contributed by atoms with E-state index in [0.717, 1.165) is 10.9 Å². The zero-order valence-electron chi connectivity index (χ0n) is 10.8. The SMILES string of the molecule is Nc1cnn([C@@H]2O[C@H](CO)C(CO)C2(N)C#CCl)c(=O)n1. The molecule has 114 valence electrons. The number of rotatable bonds is 3. The second-order valence-corrected chi connectivity index (χ2v) is 4.75. The first-order valence-electron chi connectivity index (χ1n) is 5.98. The van der Waals surface area contributed by atoms with E-state index in [-0.39, 0.29) is 5.82 Å². The van der Waals surface area contributed by atoms with Gasteiger partial charge in [-0.3, -0.25) is 0 Å². The third-order valence-electron chi connectivity index (χ3n) is 3.37. The lowest BCUT2D eigenvalue weighted by Gasteiger charge is -2.28. The van der Waals surface area contributed by atoms with E-state index in [1.165, 1.54) is 0 Å². The lowest BCUT2D eigenvalue weighted by Crippen LogP contribution is -2.53. The van der Waals surface area contributed by atoms with Crippen LogP contribution in [0.25, 0.3) is 0 Å². The predicted octanol–water partition coefficient (Wildman–Crippen LogP) is -2.38. The van der Waals surface area contributed by atoms with Gasteiger partial charge in [0.25, 0.3) is 0 Å². The molecule has 0 aromatic carbocycles. The summed E-state index contributed by atoms with van der Waals surface area (Å²) >= 11 is 5.42. The van der Waals surface area contributed by atoms with Crippen molar-refractivity contribution in [1.82, 2.24) is 14.8 Å². The summed E-state index contributed by atoms with van der Waals surface area (Å²) in [6, 6.07) is 0. The fourth-order valence-corrected chi connectivity index (χ4v) is 2.48. The Bertz CT molecular complexity index is 641. The first-order chi connectivity index (χ1) is 9.97. The molecule has 0 amide bonds. The summed E-state index contributed by atoms with van der Waals surface area (Å²) in [5.74, 6) is 1.70. The summed E-state index contributed by atoms with van der Waals surface area (Å²) in [7, 11) is 0. The van der Waals surface area contributed by atoms with Crippen molar-refractivity contribution in [2.75, 3.05) is 18.9 Å². The van der Waals surface area contributed by atoms with Gasteiger partial charge in [-0.1, -0.05) is 5.92 Å². The molecule has 1 fully saturated rings. The molecule has 0 radical (unpaired) electrons. The smallest absolute Gasteiger partial charge is 0.368 e. The van der Waals surface area contributed by atoms with Crippen LogP contribution in [0.3, 0.4) is 0 Å². The van der Waals surface area contributed by atoms with Gasteiger partial charge >= 0.3 is 5.69 Å². The van der Waals surface area contributed by atoms with Crippen molar-refractivity contribution in [3.8, 4) is 11.3 Å². The molecule has 1 saturated heterocycles. The van der Waals surface area contributed by atoms with Gasteiger partial charge in [0.1, 0.15) is 11.4 Å². The highest BCUT2D eigenvalue weighted by Crippen LogP contribution is 2.39. The Hall–Kier alpha value is -1.70. The molecule has 0 spiro atoms. The lowest BCUT2D eigenvalue weighted by molar-refractivity contribution is -0.0471. The van der Waals surface area contributed by atoms with Crippen LogP contribution < -0.4 is 17.2 Å². The second kappa shape index (κ2) is 5.97. The number of nitrogen functional groups attached to an aromatic ring is 1. The van der Waals surface area contributed by atoms with Gasteiger partial charge in [-0.2, -0.15) is 14.8 Å². The van der Waals surface area contributed by atoms with Crippen LogP contribution in [0.1, 0.15) is 6.23 Å². The predicted molar refractivity (Wildman–Crippen MR) is 72.8 cm³/mol. The average molecular weight is 316 g/mol. The minimum Gasteiger partial charge on any atom is -0.396 e. The molecule has 2 heterocycles. The van der Waals surface area contributed by atoms with Gasteiger partial charge in [-0.05, 0) is 11.6 Å². The number of ether oxygens (including phenoxy) is 1. The highest BCUT2D eigenvalue weighted by atomic mass is 35.5. The summed E-state index contributed by atoms with van der Waals surface area (Å²) < 4.78 is 6.37. The highest BCUT2D eigenvalue weighted by molar-refractivity contribution is 6.30. The Morgan fingerprint density at radius 1 is 1.52 bits per heavy atom. The van der Waals surface area contributed by atoms with Crippen molar-refractivity contribution in [1.29, 1.82) is 0 Å². The number of nitrogens with zero attached hydrogens (tertiary/aromatic N) is 3. The molecule has 21 heavy (non-hydrogen) atoms. The van der Waals surface area contributed by atoms with Crippen molar-refractivity contribution in [3.05, 3.63) is 16.7 Å². The fourth-order valence-electron chi connectivity index (χ4n) is 2.32. The molecule has 2 unspecified atom stereocenters. The van der Waals surface area contributed by atoms with E-state index in [0.29, 0.717) is 0 Å². The number of nitrogens with two attached hydrogens (primary N) is 2. The monoisotopic (exact) mass is 315 g/mol. The molecule has 2 rings (SSSR count). The second-order valence-electron chi connectivity index (χ2n) is 4.56. The van der Waals surface area contributed by atoms with Crippen LogP contribution in [0, 0.1) is 17.2 Å². The zero-order valence-corrected chi connectivity index (χ0v) is 11.6. The zero-order chi connectivity index (χ0) is 15.6. The fraction of sp³-hybridized carbons (Fsp3) is 0.545. The molecular formula is C11H14ClN5O4. The van der Waals surface area contributed by atoms with Crippen molar-refractivity contribution < 1.29 is 14.9 Å². The van der Waals surface area contributed by atoms with Gasteiger partial charge in [0.2, 0.25) is 0 Å². The number of aromatic nitrogens is 3. The molecule has 10 heteroatoms. The average Bonchev–Trinajstić information content (AvgIpc) is 2.71. The number of hydrogen-bond donors (Lipinski definition) is 4. The maximum atomic E-state index is 11.9. The Balaban J connectivity index is 2.54. The van der Waals surface area contributed by atoms with Gasteiger partial charge in [-0.25, -0.2) is 4.79 Å². The van der Waals surface area contributed by atoms with Crippen LogP contribution in [-0.2, 0) is 4.74 Å². The molecule has 1 aromatic heterocycles. The number of aliphatic hydroxyl groups is 2. The number of hydrogen-bond acceptors (Lipinski definition) is 8. The van der Waals surface area contributed by atoms with Crippen LogP contribution in [0.4, 0.5) is 5.82 Å². The minimum atomic E-state index is -1.52. The molecule has 6 N–H and O–H groups in total. The molecule has 1 aliphatic heterocycles. The molecular weight excluding hydrogens is 302 g/mol. The lowest BCUT2D eigenvalue weighted by atomic mass is 9.83. The Labute approximate surface area is 124 Å². The van der Waals surface area contributed by atoms with Gasteiger partial charge in [0.05, 0.1) is 25.5 Å². The van der Waals surface area contributed by atoms with E-state index in [4.69, 9.17) is 27.8 Å². The van der Waals surface area contributed by atoms with Gasteiger partial charge in [0, 0.05) is 11.3 Å². The molecule has 9 nitrogen and oxygen atoms in total. The van der Waals surface area contributed by atoms with Gasteiger partial charge in [-0.15, -0.1) is 0 Å². The normalized spacial score (nSPS) is 31.7. The van der Waals surface area contributed by atoms with E-state index in [9.17, 15) is 15.0 Å². The summed E-state index contributed by atoms with van der Waals surface area (Å²) in [5, 5.41) is 24.8. The van der Waals surface area contributed by atoms with Gasteiger partial charge < -0.3 is 26.4 Å². The van der Waals surface area contributed by atoms with Crippen LogP contribution in [0.15, 0.2) is 11.0 Å². The summed E-state index contributed by atoms with van der Waals surface area (Å²) in [4.78, 5) is 15.4. The molecule has 0 saturated carbocycles. The summed E-state index contributed by atoms with van der Waals surface area (Å²) in [6.07, 6.45) is -0.841. The first kappa shape index (κ1) is 15.7. The van der Waals surface area contributed by atoms with Crippen LogP contribution >= 0.6 is 11.6 Å². The van der Waals surface area contributed by atoms with Crippen molar-refractivity contribution in [2.24, 2.45) is 11.7 Å². The molecule has 0 bridgehead atoms. The Morgan fingerprint density at radius 3 is 2.76 bits per heavy atom. The van der Waals surface area contributed by atoms with Crippen molar-refractivity contribution in [2.45, 2.75) is 17.9 Å². The number of aliphatic hydroxyl groups excluding tert-OH is 2. The third-order valence-corrected chi connectivity index (χ3v) is 3.47. The Kier molecular flexibility index (Phi) is 4.46. The van der Waals surface area contributed by atoms with E-state index < -0.39 is 42.7 Å². The van der Waals surface area contributed by atoms with Crippen LogP contribution in [0.5, 0.6) is 0 Å². The molecule has 4 atom stereocenters. The standard InChI is InChI=1S/C11H14ClN5O4/c12-2-1-11(14)6(4-18)7(5-19)21-9(11)17-10(20)16-8(13)3-15-17/h3,6-7,9,18-19H,4-5,14H2,(H2,13,16,20)/t6?,7-,9-,11?/m1/s1. The third kappa shape index (κ3) is 2.59. The summed E-state index contributed by atoms with van der Waals surface area (Å²) in [5.41, 5.74) is 9.23. The van der Waals surface area contributed by atoms with E-state index >= 15 is 0 Å². The van der Waals surface area contributed by atoms with E-state index in [2.05, 4.69) is 21.4 Å². The van der Waals surface area contributed by atoms with Crippen LogP contribution in [0.2, 0.25) is 0 Å². The van der Waals surface area contributed by atoms with Crippen LogP contribution in [-0.4, -0.2) is 49.8 Å².